The van der Waals surface area contributed by atoms with E-state index in [1.807, 2.05) is 57.2 Å². The maximum Gasteiger partial charge on any atom is 0.322 e. The third kappa shape index (κ3) is 5.03. The van der Waals surface area contributed by atoms with E-state index in [9.17, 15) is 14.7 Å². The Hall–Kier alpha value is -2.40. The first-order chi connectivity index (χ1) is 11.9. The van der Waals surface area contributed by atoms with Crippen molar-refractivity contribution < 1.29 is 14.7 Å². The number of hydrogen-bond acceptors (Lipinski definition) is 3. The third-order valence-corrected chi connectivity index (χ3v) is 4.08. The van der Waals surface area contributed by atoms with Crippen LogP contribution < -0.4 is 5.43 Å². The van der Waals surface area contributed by atoms with Crippen LogP contribution in [0, 0.1) is 5.92 Å². The smallest absolute Gasteiger partial charge is 0.322 e. The summed E-state index contributed by atoms with van der Waals surface area (Å²) in [5.74, 6) is -0.979. The van der Waals surface area contributed by atoms with Crippen molar-refractivity contribution in [2.75, 3.05) is 6.54 Å². The van der Waals surface area contributed by atoms with Crippen LogP contribution in [0.3, 0.4) is 0 Å². The minimum Gasteiger partial charge on any atom is -0.480 e. The third-order valence-electron chi connectivity index (χ3n) is 4.08. The van der Waals surface area contributed by atoms with E-state index in [-0.39, 0.29) is 11.8 Å². The van der Waals surface area contributed by atoms with Crippen LogP contribution in [0.1, 0.15) is 44.0 Å². The van der Waals surface area contributed by atoms with E-state index >= 15 is 0 Å². The second-order valence-electron chi connectivity index (χ2n) is 6.68. The number of benzene rings is 2. The van der Waals surface area contributed by atoms with Crippen LogP contribution in [-0.2, 0) is 4.79 Å². The van der Waals surface area contributed by atoms with Crippen molar-refractivity contribution in [2.45, 2.75) is 39.7 Å². The molecule has 0 aliphatic heterocycles. The summed E-state index contributed by atoms with van der Waals surface area (Å²) in [6, 6.07) is 12.6. The van der Waals surface area contributed by atoms with Gasteiger partial charge in [0.1, 0.15) is 6.04 Å². The monoisotopic (exact) mass is 342 g/mol. The minimum atomic E-state index is -0.916. The summed E-state index contributed by atoms with van der Waals surface area (Å²) in [4.78, 5) is 24.3. The zero-order valence-corrected chi connectivity index (χ0v) is 15.0. The largest absolute Gasteiger partial charge is 0.480 e. The number of carboxylic acids is 1. The van der Waals surface area contributed by atoms with Gasteiger partial charge in [-0.05, 0) is 41.7 Å². The lowest BCUT2D eigenvalue weighted by Crippen LogP contribution is -2.52. The van der Waals surface area contributed by atoms with Gasteiger partial charge in [-0.2, -0.15) is 0 Å². The summed E-state index contributed by atoms with van der Waals surface area (Å²) < 4.78 is 0. The van der Waals surface area contributed by atoms with E-state index in [1.165, 1.54) is 0 Å². The Morgan fingerprint density at radius 1 is 1.12 bits per heavy atom. The first-order valence-corrected chi connectivity index (χ1v) is 8.71. The molecule has 2 aromatic rings. The second-order valence-corrected chi connectivity index (χ2v) is 6.68. The van der Waals surface area contributed by atoms with Crippen LogP contribution in [0.4, 0.5) is 0 Å². The molecule has 0 aliphatic rings. The first-order valence-electron chi connectivity index (χ1n) is 8.71. The highest BCUT2D eigenvalue weighted by Gasteiger charge is 2.27. The van der Waals surface area contributed by atoms with Gasteiger partial charge in [0.2, 0.25) is 0 Å². The van der Waals surface area contributed by atoms with Crippen molar-refractivity contribution in [2.24, 2.45) is 5.92 Å². The molecule has 25 heavy (non-hydrogen) atoms. The number of carbonyl (C=O) groups is 2. The van der Waals surface area contributed by atoms with E-state index in [4.69, 9.17) is 0 Å². The van der Waals surface area contributed by atoms with E-state index in [0.29, 0.717) is 18.5 Å². The summed E-state index contributed by atoms with van der Waals surface area (Å²) in [5, 5.41) is 13.1. The molecule has 2 rings (SSSR count). The minimum absolute atomic E-state index is 0.220. The summed E-state index contributed by atoms with van der Waals surface area (Å²) in [6.45, 7) is 6.41. The van der Waals surface area contributed by atoms with Crippen LogP contribution in [-0.4, -0.2) is 34.6 Å². The SMILES string of the molecule is CCCN(NC(=O)c1ccc2ccccc2c1)C(CC(C)C)C(=O)O. The van der Waals surface area contributed by atoms with Gasteiger partial charge in [-0.25, -0.2) is 5.01 Å². The van der Waals surface area contributed by atoms with Gasteiger partial charge in [0.05, 0.1) is 0 Å². The van der Waals surface area contributed by atoms with Gasteiger partial charge in [0.15, 0.2) is 0 Å². The summed E-state index contributed by atoms with van der Waals surface area (Å²) in [6.07, 6.45) is 1.23. The number of aliphatic carboxylic acids is 1. The normalized spacial score (nSPS) is 12.5. The summed E-state index contributed by atoms with van der Waals surface area (Å²) in [7, 11) is 0. The highest BCUT2D eigenvalue weighted by molar-refractivity contribution is 5.98. The Balaban J connectivity index is 2.21. The topological polar surface area (TPSA) is 69.6 Å². The van der Waals surface area contributed by atoms with E-state index in [1.54, 1.807) is 11.1 Å². The summed E-state index contributed by atoms with van der Waals surface area (Å²) >= 11 is 0. The van der Waals surface area contributed by atoms with Gasteiger partial charge in [0.25, 0.3) is 5.91 Å². The number of nitrogens with one attached hydrogen (secondary N) is 1. The Morgan fingerprint density at radius 3 is 2.40 bits per heavy atom. The molecule has 0 saturated carbocycles. The molecule has 2 aromatic carbocycles. The lowest BCUT2D eigenvalue weighted by atomic mass is 10.0. The van der Waals surface area contributed by atoms with Crippen molar-refractivity contribution >= 4 is 22.6 Å². The molecule has 5 nitrogen and oxygen atoms in total. The Kier molecular flexibility index (Phi) is 6.53. The van der Waals surface area contributed by atoms with Gasteiger partial charge in [0, 0.05) is 12.1 Å². The fourth-order valence-electron chi connectivity index (χ4n) is 2.86. The molecule has 0 spiro atoms. The van der Waals surface area contributed by atoms with Crippen LogP contribution in [0.15, 0.2) is 42.5 Å². The molecule has 0 heterocycles. The fraction of sp³-hybridized carbons (Fsp3) is 0.400. The molecule has 1 amide bonds. The first kappa shape index (κ1) is 18.9. The van der Waals surface area contributed by atoms with E-state index in [0.717, 1.165) is 17.2 Å². The molecule has 134 valence electrons. The van der Waals surface area contributed by atoms with Gasteiger partial charge in [-0.1, -0.05) is 51.1 Å². The molecule has 0 aliphatic carbocycles. The van der Waals surface area contributed by atoms with Gasteiger partial charge >= 0.3 is 5.97 Å². The number of nitrogens with zero attached hydrogens (tertiary/aromatic N) is 1. The number of carboxylic acid groups (broad SMARTS) is 1. The predicted molar refractivity (Wildman–Crippen MR) is 99.3 cm³/mol. The average Bonchev–Trinajstić information content (AvgIpc) is 2.58. The zero-order chi connectivity index (χ0) is 18.4. The van der Waals surface area contributed by atoms with Gasteiger partial charge in [-0.3, -0.25) is 15.0 Å². The molecular weight excluding hydrogens is 316 g/mol. The molecule has 0 bridgehead atoms. The fourth-order valence-corrected chi connectivity index (χ4v) is 2.86. The highest BCUT2D eigenvalue weighted by atomic mass is 16.4. The van der Waals surface area contributed by atoms with Crippen molar-refractivity contribution in [1.82, 2.24) is 10.4 Å². The number of hydrazine groups is 1. The molecule has 1 atom stereocenters. The number of fused-ring (bicyclic) bond motifs is 1. The lowest BCUT2D eigenvalue weighted by Gasteiger charge is -2.30. The quantitative estimate of drug-likeness (QED) is 0.718. The molecule has 0 fully saturated rings. The number of carbonyl (C=O) groups excluding carboxylic acids is 1. The van der Waals surface area contributed by atoms with Gasteiger partial charge in [-0.15, -0.1) is 0 Å². The standard InChI is InChI=1S/C20H26N2O3/c1-4-11-22(18(20(24)25)12-14(2)3)21-19(23)17-10-9-15-7-5-6-8-16(15)13-17/h5-10,13-14,18H,4,11-12H2,1-3H3,(H,21,23)(H,24,25). The maximum atomic E-state index is 12.6. The molecule has 2 N–H and O–H groups in total. The predicted octanol–water partition coefficient (Wildman–Crippen LogP) is 3.70. The van der Waals surface area contributed by atoms with E-state index in [2.05, 4.69) is 5.43 Å². The number of hydrogen-bond donors (Lipinski definition) is 2. The van der Waals surface area contributed by atoms with Crippen LogP contribution in [0.25, 0.3) is 10.8 Å². The van der Waals surface area contributed by atoms with Gasteiger partial charge < -0.3 is 5.11 Å². The maximum absolute atomic E-state index is 12.6. The van der Waals surface area contributed by atoms with Crippen LogP contribution in [0.5, 0.6) is 0 Å². The highest BCUT2D eigenvalue weighted by Crippen LogP contribution is 2.16. The Morgan fingerprint density at radius 2 is 1.80 bits per heavy atom. The lowest BCUT2D eigenvalue weighted by molar-refractivity contribution is -0.145. The molecule has 0 aromatic heterocycles. The molecule has 1 unspecified atom stereocenters. The number of rotatable bonds is 8. The second kappa shape index (κ2) is 8.62. The van der Waals surface area contributed by atoms with Crippen LogP contribution >= 0.6 is 0 Å². The van der Waals surface area contributed by atoms with Crippen molar-refractivity contribution in [3.8, 4) is 0 Å². The van der Waals surface area contributed by atoms with Crippen LogP contribution in [0.2, 0.25) is 0 Å². The summed E-state index contributed by atoms with van der Waals surface area (Å²) in [5.41, 5.74) is 3.32. The average molecular weight is 342 g/mol. The molecule has 0 saturated heterocycles. The zero-order valence-electron chi connectivity index (χ0n) is 15.0. The Bertz CT molecular complexity index is 743. The van der Waals surface area contributed by atoms with E-state index < -0.39 is 12.0 Å². The molecule has 5 heteroatoms. The molecule has 0 radical (unpaired) electrons. The van der Waals surface area contributed by atoms with Crippen molar-refractivity contribution in [3.63, 3.8) is 0 Å². The van der Waals surface area contributed by atoms with Crippen molar-refractivity contribution in [3.05, 3.63) is 48.0 Å². The van der Waals surface area contributed by atoms with Crippen molar-refractivity contribution in [1.29, 1.82) is 0 Å². The Labute approximate surface area is 148 Å². The molecular formula is C20H26N2O3. The number of amides is 1.